The van der Waals surface area contributed by atoms with Crippen LogP contribution in [0.25, 0.3) is 0 Å². The highest BCUT2D eigenvalue weighted by molar-refractivity contribution is 7.92. The molecule has 4 rings (SSSR count). The van der Waals surface area contributed by atoms with E-state index in [9.17, 15) is 28.1 Å². The normalized spacial score (nSPS) is 23.2. The Hall–Kier alpha value is -2.31. The predicted octanol–water partition coefficient (Wildman–Crippen LogP) is -0.833. The summed E-state index contributed by atoms with van der Waals surface area (Å²) in [6.07, 6.45) is 0.409. The minimum Gasteiger partial charge on any atom is -0.535 e. The number of nitrogens with zero attached hydrogens (tertiary/aromatic N) is 1. The van der Waals surface area contributed by atoms with Gasteiger partial charge in [0, 0.05) is 19.5 Å². The molecule has 0 spiro atoms. The van der Waals surface area contributed by atoms with Crippen LogP contribution < -0.4 is 14.7 Å². The Bertz CT molecular complexity index is 963. The first-order valence-corrected chi connectivity index (χ1v) is 11.6. The van der Waals surface area contributed by atoms with Gasteiger partial charge in [0.2, 0.25) is 5.91 Å². The Labute approximate surface area is 174 Å². The largest absolute Gasteiger partial charge is 0.535 e. The van der Waals surface area contributed by atoms with Crippen LogP contribution in [0.5, 0.6) is 11.5 Å². The third kappa shape index (κ3) is 4.12. The molecule has 0 aliphatic carbocycles. The van der Waals surface area contributed by atoms with Gasteiger partial charge < -0.3 is 29.7 Å². The van der Waals surface area contributed by atoms with Crippen molar-refractivity contribution in [3.63, 3.8) is 0 Å². The van der Waals surface area contributed by atoms with Crippen molar-refractivity contribution in [2.24, 2.45) is 0 Å². The molecule has 3 N–H and O–H groups in total. The lowest BCUT2D eigenvalue weighted by Crippen LogP contribution is -2.57. The number of carbonyl (C=O) groups is 2. The highest BCUT2D eigenvalue weighted by Gasteiger charge is 2.38. The zero-order valence-corrected chi connectivity index (χ0v) is 17.1. The van der Waals surface area contributed by atoms with Gasteiger partial charge in [0.05, 0.1) is 24.1 Å². The van der Waals surface area contributed by atoms with Crippen LogP contribution in [0.15, 0.2) is 12.1 Å². The number of carboxylic acid groups (broad SMARTS) is 1. The summed E-state index contributed by atoms with van der Waals surface area (Å²) in [5.74, 6) is -1.22. The molecular weight excluding hydrogens is 415 g/mol. The van der Waals surface area contributed by atoms with Crippen LogP contribution in [0, 0.1) is 0 Å². The average Bonchev–Trinajstić information content (AvgIpc) is 2.65. The summed E-state index contributed by atoms with van der Waals surface area (Å²) in [7, 11) is -4.33. The van der Waals surface area contributed by atoms with Crippen LogP contribution in [0.1, 0.15) is 22.3 Å². The summed E-state index contributed by atoms with van der Waals surface area (Å²) in [5, 5.41) is 21.6. The summed E-state index contributed by atoms with van der Waals surface area (Å²) >= 11 is 0. The molecule has 1 unspecified atom stereocenters. The Morgan fingerprint density at radius 3 is 2.80 bits per heavy atom. The molecule has 1 aromatic carbocycles. The molecule has 3 heterocycles. The first-order valence-electron chi connectivity index (χ1n) is 9.85. The first kappa shape index (κ1) is 20.9. The van der Waals surface area contributed by atoms with Crippen molar-refractivity contribution in [3.05, 3.63) is 23.3 Å². The lowest BCUT2D eigenvalue weighted by atomic mass is 9.78. The van der Waals surface area contributed by atoms with E-state index < -0.39 is 34.3 Å². The molecule has 2 fully saturated rings. The number of hydrogen-bond acceptors (Lipinski definition) is 8. The number of ether oxygens (including phenoxy) is 1. The molecule has 162 valence electrons. The van der Waals surface area contributed by atoms with Crippen molar-refractivity contribution < 1.29 is 37.5 Å². The van der Waals surface area contributed by atoms with E-state index in [0.29, 0.717) is 24.8 Å². The number of fused-ring (bicyclic) bond motifs is 1. The molecule has 2 saturated heterocycles. The van der Waals surface area contributed by atoms with Crippen molar-refractivity contribution in [2.45, 2.75) is 30.5 Å². The third-order valence-corrected chi connectivity index (χ3v) is 7.79. The molecule has 12 heteroatoms. The minimum atomic E-state index is -3.27. The Morgan fingerprint density at radius 1 is 1.33 bits per heavy atom. The van der Waals surface area contributed by atoms with Gasteiger partial charge in [-0.25, -0.2) is 13.2 Å². The molecule has 1 amide bonds. The number of benzene rings is 1. The van der Waals surface area contributed by atoms with Crippen LogP contribution in [-0.2, 0) is 21.1 Å². The topological polar surface area (TPSA) is 142 Å². The highest BCUT2D eigenvalue weighted by Crippen LogP contribution is 2.37. The van der Waals surface area contributed by atoms with Gasteiger partial charge in [-0.1, -0.05) is 6.07 Å². The number of carboxylic acids is 1. The average molecular weight is 438 g/mol. The summed E-state index contributed by atoms with van der Waals surface area (Å²) in [6.45, 7) is 1.17. The molecule has 30 heavy (non-hydrogen) atoms. The van der Waals surface area contributed by atoms with E-state index in [4.69, 9.17) is 9.39 Å². The minimum absolute atomic E-state index is 0.0315. The molecule has 0 radical (unpaired) electrons. The van der Waals surface area contributed by atoms with Gasteiger partial charge in [-0.15, -0.1) is 0 Å². The monoisotopic (exact) mass is 438 g/mol. The summed E-state index contributed by atoms with van der Waals surface area (Å²) in [6, 6.07) is 3.28. The van der Waals surface area contributed by atoms with Gasteiger partial charge in [-0.3, -0.25) is 4.79 Å². The van der Waals surface area contributed by atoms with Gasteiger partial charge in [0.1, 0.15) is 23.2 Å². The lowest BCUT2D eigenvalue weighted by Gasteiger charge is -2.40. The number of aryl methyl sites for hydroxylation is 1. The van der Waals surface area contributed by atoms with Crippen LogP contribution in [-0.4, -0.2) is 85.7 Å². The second-order valence-corrected chi connectivity index (χ2v) is 10.2. The number of sulfone groups is 1. The lowest BCUT2D eigenvalue weighted by molar-refractivity contribution is -0.140. The maximum absolute atomic E-state index is 12.4. The SMILES string of the molecule is O=C(O)c1c(OC2CN(C(=O)CC3CNCCS3(=O)=O)C2)ccc2c1OB(O)CC2. The van der Waals surface area contributed by atoms with Crippen LogP contribution in [0.4, 0.5) is 0 Å². The van der Waals surface area contributed by atoms with Gasteiger partial charge in [0.15, 0.2) is 9.84 Å². The van der Waals surface area contributed by atoms with Gasteiger partial charge in [0.25, 0.3) is 0 Å². The molecular formula is C18H23BN2O8S. The van der Waals surface area contributed by atoms with Crippen LogP contribution in [0.2, 0.25) is 6.32 Å². The third-order valence-electron chi connectivity index (χ3n) is 5.67. The van der Waals surface area contributed by atoms with E-state index in [2.05, 4.69) is 5.32 Å². The fourth-order valence-corrected chi connectivity index (χ4v) is 5.43. The van der Waals surface area contributed by atoms with Gasteiger partial charge in [-0.2, -0.15) is 0 Å². The predicted molar refractivity (Wildman–Crippen MR) is 107 cm³/mol. The zero-order chi connectivity index (χ0) is 21.5. The number of nitrogens with one attached hydrogen (secondary N) is 1. The van der Waals surface area contributed by atoms with Crippen molar-refractivity contribution in [1.82, 2.24) is 10.2 Å². The Kier molecular flexibility index (Phi) is 5.64. The second kappa shape index (κ2) is 8.08. The maximum Gasteiger partial charge on any atom is 0.522 e. The van der Waals surface area contributed by atoms with E-state index in [0.717, 1.165) is 0 Å². The van der Waals surface area contributed by atoms with Crippen LogP contribution >= 0.6 is 0 Å². The summed E-state index contributed by atoms with van der Waals surface area (Å²) in [5.41, 5.74) is 0.549. The number of amides is 1. The molecule has 0 bridgehead atoms. The fraction of sp³-hybridized carbons (Fsp3) is 0.556. The van der Waals surface area contributed by atoms with E-state index >= 15 is 0 Å². The molecule has 3 aliphatic rings. The zero-order valence-electron chi connectivity index (χ0n) is 16.2. The van der Waals surface area contributed by atoms with Gasteiger partial charge in [-0.05, 0) is 24.4 Å². The summed E-state index contributed by atoms with van der Waals surface area (Å²) < 4.78 is 35.3. The molecule has 3 aliphatic heterocycles. The Balaban J connectivity index is 1.39. The van der Waals surface area contributed by atoms with Crippen LogP contribution in [0.3, 0.4) is 0 Å². The Morgan fingerprint density at radius 2 is 2.10 bits per heavy atom. The van der Waals surface area contributed by atoms with Crippen molar-refractivity contribution in [1.29, 1.82) is 0 Å². The van der Waals surface area contributed by atoms with E-state index in [1.54, 1.807) is 12.1 Å². The number of rotatable bonds is 5. The molecule has 0 aromatic heterocycles. The number of hydrogen-bond donors (Lipinski definition) is 3. The molecule has 1 aromatic rings. The summed E-state index contributed by atoms with van der Waals surface area (Å²) in [4.78, 5) is 25.7. The standard InChI is InChI=1S/C18H23BN2O8S/c22-15(7-13-8-20-5-6-30(13,26)27)21-9-12(10-21)28-14-2-1-11-3-4-19(25)29-17(11)16(14)18(23)24/h1-2,12-13,20,25H,3-10H2,(H,23,24). The number of aromatic carboxylic acids is 1. The van der Waals surface area contributed by atoms with Crippen molar-refractivity contribution in [2.75, 3.05) is 31.9 Å². The van der Waals surface area contributed by atoms with E-state index in [1.807, 2.05) is 0 Å². The molecule has 10 nitrogen and oxygen atoms in total. The van der Waals surface area contributed by atoms with E-state index in [1.165, 1.54) is 4.90 Å². The number of likely N-dealkylation sites (tertiary alicyclic amines) is 1. The first-order chi connectivity index (χ1) is 14.2. The molecule has 0 saturated carbocycles. The second-order valence-electron chi connectivity index (χ2n) is 7.78. The smallest absolute Gasteiger partial charge is 0.522 e. The molecule has 1 atom stereocenters. The fourth-order valence-electron chi connectivity index (χ4n) is 3.90. The maximum atomic E-state index is 12.4. The number of carbonyl (C=O) groups excluding carboxylic acids is 1. The highest BCUT2D eigenvalue weighted by atomic mass is 32.2. The quantitative estimate of drug-likeness (QED) is 0.502. The van der Waals surface area contributed by atoms with Gasteiger partial charge >= 0.3 is 13.1 Å². The van der Waals surface area contributed by atoms with Crippen molar-refractivity contribution in [3.8, 4) is 11.5 Å². The van der Waals surface area contributed by atoms with Crippen molar-refractivity contribution >= 4 is 28.8 Å². The van der Waals surface area contributed by atoms with E-state index in [-0.39, 0.29) is 54.8 Å².